The molecule has 0 saturated heterocycles. The second-order valence-electron chi connectivity index (χ2n) is 12.8. The second kappa shape index (κ2) is 10.4. The molecule has 1 spiro atoms. The Morgan fingerprint density at radius 2 is 1.10 bits per heavy atom. The van der Waals surface area contributed by atoms with E-state index in [4.69, 9.17) is 4.98 Å². The van der Waals surface area contributed by atoms with Gasteiger partial charge in [0.15, 0.2) is 0 Å². The fourth-order valence-corrected chi connectivity index (χ4v) is 8.42. The molecule has 2 aromatic heterocycles. The molecule has 3 heteroatoms. The molecular weight excluding hydrogens is 595 g/mol. The van der Waals surface area contributed by atoms with Crippen molar-refractivity contribution >= 4 is 10.8 Å². The van der Waals surface area contributed by atoms with Crippen molar-refractivity contribution in [2.75, 3.05) is 0 Å². The maximum Gasteiger partial charge on any atom is 0.141 e. The zero-order chi connectivity index (χ0) is 32.5. The van der Waals surface area contributed by atoms with Crippen molar-refractivity contribution in [2.24, 2.45) is 0 Å². The molecule has 8 aromatic rings. The van der Waals surface area contributed by atoms with Crippen LogP contribution in [0.2, 0.25) is 0 Å². The molecule has 10 rings (SSSR count). The molecule has 2 heterocycles. The van der Waals surface area contributed by atoms with Crippen LogP contribution in [0.25, 0.3) is 66.7 Å². The predicted molar refractivity (Wildman–Crippen MR) is 197 cm³/mol. The highest BCUT2D eigenvalue weighted by atomic mass is 14.7. The van der Waals surface area contributed by atoms with Gasteiger partial charge in [0.2, 0.25) is 0 Å². The number of fused-ring (bicyclic) bond motifs is 12. The van der Waals surface area contributed by atoms with Crippen LogP contribution >= 0.6 is 0 Å². The molecular formula is C46H27N3. The number of hydrogen-bond donors (Lipinski definition) is 0. The van der Waals surface area contributed by atoms with E-state index in [0.717, 1.165) is 22.5 Å². The van der Waals surface area contributed by atoms with Crippen molar-refractivity contribution in [3.05, 3.63) is 192 Å². The van der Waals surface area contributed by atoms with E-state index in [1.165, 1.54) is 66.4 Å². The molecule has 0 aliphatic heterocycles. The third-order valence-electron chi connectivity index (χ3n) is 10.4. The molecule has 49 heavy (non-hydrogen) atoms. The molecule has 0 saturated carbocycles. The highest BCUT2D eigenvalue weighted by molar-refractivity contribution is 6.11. The third kappa shape index (κ3) is 3.83. The van der Waals surface area contributed by atoms with Gasteiger partial charge in [-0.1, -0.05) is 121 Å². The Morgan fingerprint density at radius 1 is 0.449 bits per heavy atom. The van der Waals surface area contributed by atoms with Gasteiger partial charge in [0.1, 0.15) is 11.8 Å². The number of nitriles is 1. The molecule has 0 N–H and O–H groups in total. The van der Waals surface area contributed by atoms with Crippen LogP contribution in [0.4, 0.5) is 0 Å². The summed E-state index contributed by atoms with van der Waals surface area (Å²) in [6.45, 7) is 0. The zero-order valence-corrected chi connectivity index (χ0v) is 26.4. The van der Waals surface area contributed by atoms with Gasteiger partial charge in [-0.15, -0.1) is 0 Å². The van der Waals surface area contributed by atoms with E-state index in [1.54, 1.807) is 12.3 Å². The minimum atomic E-state index is -0.508. The van der Waals surface area contributed by atoms with Crippen molar-refractivity contribution in [2.45, 2.75) is 5.41 Å². The second-order valence-corrected chi connectivity index (χ2v) is 12.8. The molecule has 0 amide bonds. The number of aromatic nitrogens is 2. The van der Waals surface area contributed by atoms with E-state index in [9.17, 15) is 5.26 Å². The fourth-order valence-electron chi connectivity index (χ4n) is 8.42. The number of pyridine rings is 2. The first-order valence-corrected chi connectivity index (χ1v) is 16.6. The van der Waals surface area contributed by atoms with E-state index in [2.05, 4.69) is 145 Å². The summed E-state index contributed by atoms with van der Waals surface area (Å²) in [6.07, 6.45) is 1.67. The zero-order valence-electron chi connectivity index (χ0n) is 26.4. The fraction of sp³-hybridized carbons (Fsp3) is 0.0217. The molecule has 3 nitrogen and oxygen atoms in total. The number of nitrogens with zero attached hydrogens (tertiary/aromatic N) is 3. The van der Waals surface area contributed by atoms with Crippen LogP contribution in [0.5, 0.6) is 0 Å². The maximum absolute atomic E-state index is 9.46. The summed E-state index contributed by atoms with van der Waals surface area (Å²) in [4.78, 5) is 9.29. The molecule has 0 fully saturated rings. The highest BCUT2D eigenvalue weighted by Gasteiger charge is 2.52. The highest BCUT2D eigenvalue weighted by Crippen LogP contribution is 2.64. The lowest BCUT2D eigenvalue weighted by molar-refractivity contribution is 0.795. The van der Waals surface area contributed by atoms with Crippen molar-refractivity contribution < 1.29 is 0 Å². The summed E-state index contributed by atoms with van der Waals surface area (Å²) in [5.41, 5.74) is 16.3. The van der Waals surface area contributed by atoms with Crippen molar-refractivity contribution in [1.29, 1.82) is 5.26 Å². The molecule has 226 valence electrons. The normalized spacial score (nSPS) is 13.0. The first-order valence-electron chi connectivity index (χ1n) is 16.6. The van der Waals surface area contributed by atoms with Crippen molar-refractivity contribution in [3.63, 3.8) is 0 Å². The molecule has 6 aromatic carbocycles. The lowest BCUT2D eigenvalue weighted by Crippen LogP contribution is -2.26. The smallest absolute Gasteiger partial charge is 0.141 e. The summed E-state index contributed by atoms with van der Waals surface area (Å²) in [7, 11) is 0. The van der Waals surface area contributed by atoms with Gasteiger partial charge >= 0.3 is 0 Å². The average molecular weight is 622 g/mol. The van der Waals surface area contributed by atoms with Crippen LogP contribution in [0.15, 0.2) is 164 Å². The minimum Gasteiger partial charge on any atom is -0.248 e. The largest absolute Gasteiger partial charge is 0.248 e. The molecule has 0 unspecified atom stereocenters. The SMILES string of the molecule is N#Cc1cc(-c2cccc(-c3ccc4c(c3)C3(c5ccccc5-c5ccccc53)c3cc(-c5ccccc5)c5ccccc5c3-4)n2)ccn1. The standard InChI is InChI=1S/C46H27N3/c47-28-32-25-31(23-24-48-32)44-20-10-19-43(49-44)30-21-22-37-41(26-30)46(39-17-8-6-14-34(39)35-15-7-9-18-40(35)46)42-27-38(29-11-2-1-3-12-29)33-13-4-5-16-36(33)45(37)42/h1-27H. The Balaban J connectivity index is 1.29. The van der Waals surface area contributed by atoms with Gasteiger partial charge in [0.05, 0.1) is 16.8 Å². The van der Waals surface area contributed by atoms with Crippen LogP contribution in [0.1, 0.15) is 27.9 Å². The lowest BCUT2D eigenvalue weighted by atomic mass is 9.69. The topological polar surface area (TPSA) is 49.6 Å². The molecule has 2 aliphatic rings. The average Bonchev–Trinajstić information content (AvgIpc) is 3.65. The molecule has 0 radical (unpaired) electrons. The monoisotopic (exact) mass is 621 g/mol. The van der Waals surface area contributed by atoms with E-state index in [0.29, 0.717) is 5.69 Å². The Bertz CT molecular complexity index is 2640. The summed E-state index contributed by atoms with van der Waals surface area (Å²) in [5, 5.41) is 12.0. The molecule has 0 bridgehead atoms. The van der Waals surface area contributed by atoms with E-state index in [-0.39, 0.29) is 0 Å². The number of hydrogen-bond acceptors (Lipinski definition) is 3. The Hall–Kier alpha value is -6.63. The Kier molecular flexibility index (Phi) is 5.85. The van der Waals surface area contributed by atoms with E-state index < -0.39 is 5.41 Å². The minimum absolute atomic E-state index is 0.377. The van der Waals surface area contributed by atoms with Crippen molar-refractivity contribution in [3.8, 4) is 62.0 Å². The van der Waals surface area contributed by atoms with Gasteiger partial charge in [0, 0.05) is 17.3 Å². The Labute approximate surface area is 284 Å². The first kappa shape index (κ1) is 27.5. The lowest BCUT2D eigenvalue weighted by Gasteiger charge is -2.31. The summed E-state index contributed by atoms with van der Waals surface area (Å²) in [5.74, 6) is 0. The summed E-state index contributed by atoms with van der Waals surface area (Å²) < 4.78 is 0. The van der Waals surface area contributed by atoms with E-state index >= 15 is 0 Å². The van der Waals surface area contributed by atoms with Crippen LogP contribution in [-0.2, 0) is 5.41 Å². The maximum atomic E-state index is 9.46. The van der Waals surface area contributed by atoms with Crippen LogP contribution in [-0.4, -0.2) is 9.97 Å². The first-order chi connectivity index (χ1) is 24.3. The van der Waals surface area contributed by atoms with Crippen molar-refractivity contribution in [1.82, 2.24) is 9.97 Å². The van der Waals surface area contributed by atoms with Gasteiger partial charge in [-0.3, -0.25) is 0 Å². The van der Waals surface area contributed by atoms with Gasteiger partial charge in [-0.2, -0.15) is 5.26 Å². The van der Waals surface area contributed by atoms with Crippen LogP contribution in [0.3, 0.4) is 0 Å². The Morgan fingerprint density at radius 3 is 1.84 bits per heavy atom. The van der Waals surface area contributed by atoms with Gasteiger partial charge in [0.25, 0.3) is 0 Å². The predicted octanol–water partition coefficient (Wildman–Crippen LogP) is 10.8. The molecule has 0 atom stereocenters. The van der Waals surface area contributed by atoms with Gasteiger partial charge in [-0.05, 0) is 103 Å². The van der Waals surface area contributed by atoms with E-state index in [1.807, 2.05) is 18.2 Å². The number of rotatable bonds is 3. The number of benzene rings is 6. The summed E-state index contributed by atoms with van der Waals surface area (Å²) >= 11 is 0. The summed E-state index contributed by atoms with van der Waals surface area (Å²) in [6, 6.07) is 58.9. The van der Waals surface area contributed by atoms with Crippen LogP contribution in [0, 0.1) is 11.3 Å². The van der Waals surface area contributed by atoms with Crippen LogP contribution < -0.4 is 0 Å². The quantitative estimate of drug-likeness (QED) is 0.197. The van der Waals surface area contributed by atoms with Gasteiger partial charge in [-0.25, -0.2) is 9.97 Å². The third-order valence-corrected chi connectivity index (χ3v) is 10.4. The van der Waals surface area contributed by atoms with Gasteiger partial charge < -0.3 is 0 Å². The molecule has 2 aliphatic carbocycles.